The quantitative estimate of drug-likeness (QED) is 0.399. The van der Waals surface area contributed by atoms with Crippen molar-refractivity contribution in [3.8, 4) is 0 Å². The highest BCUT2D eigenvalue weighted by Gasteiger charge is 2.84. The number of ether oxygens (including phenoxy) is 4. The number of hydrogen-bond acceptors (Lipinski definition) is 8. The third kappa shape index (κ3) is 3.48. The number of alkyl carbamates (subject to hydrolysis) is 1. The lowest BCUT2D eigenvalue weighted by Crippen LogP contribution is -2.55. The summed E-state index contributed by atoms with van der Waals surface area (Å²) in [6.07, 6.45) is -0.500. The Bertz CT molecular complexity index is 1080. The number of anilines is 1. The lowest BCUT2D eigenvalue weighted by Gasteiger charge is -2.36. The molecule has 4 atom stereocenters. The summed E-state index contributed by atoms with van der Waals surface area (Å²) in [6, 6.07) is 6.53. The molecule has 3 unspecified atom stereocenters. The van der Waals surface area contributed by atoms with Crippen LogP contribution in [0.2, 0.25) is 0 Å². The molecule has 1 aliphatic carbocycles. The number of methoxy groups -OCH3 is 1. The van der Waals surface area contributed by atoms with Gasteiger partial charge in [-0.1, -0.05) is 30.9 Å². The Balaban J connectivity index is 1.76. The van der Waals surface area contributed by atoms with E-state index in [4.69, 9.17) is 18.9 Å². The van der Waals surface area contributed by atoms with Crippen LogP contribution in [0, 0.1) is 0 Å². The molecule has 1 saturated carbocycles. The lowest BCUT2D eigenvalue weighted by atomic mass is 9.90. The number of hydrogen-bond donors (Lipinski definition) is 1. The van der Waals surface area contributed by atoms with Crippen LogP contribution in [0.25, 0.3) is 0 Å². The highest BCUT2D eigenvalue weighted by Crippen LogP contribution is 2.70. The summed E-state index contributed by atoms with van der Waals surface area (Å²) >= 11 is 0. The van der Waals surface area contributed by atoms with Crippen molar-refractivity contribution in [2.75, 3.05) is 18.6 Å². The maximum Gasteiger partial charge on any atom is 0.417 e. The van der Waals surface area contributed by atoms with E-state index in [9.17, 15) is 14.4 Å². The maximum absolute atomic E-state index is 13.3. The van der Waals surface area contributed by atoms with Gasteiger partial charge in [0.1, 0.15) is 18.2 Å². The van der Waals surface area contributed by atoms with Gasteiger partial charge in [-0.25, -0.2) is 24.3 Å². The van der Waals surface area contributed by atoms with Crippen molar-refractivity contribution in [2.45, 2.75) is 62.9 Å². The number of aliphatic imine (C=N–C) groups is 1. The molecule has 0 radical (unpaired) electrons. The molecule has 1 aromatic rings. The van der Waals surface area contributed by atoms with Gasteiger partial charge in [0.25, 0.3) is 0 Å². The standard InChI is InChI=1S/C24H29N3O7/c1-7-12-32-20(29)25-14(2)17-26-24(19(28)31-6)13-23(24)15-10-8-9-11-16(15)27(18(23)33-17)21(30)34-22(3,4)5/h7-11,14,18H,1,12-13H2,2-6H3,(H,25,29)/t14-,18?,23?,24?/m0/s1. The van der Waals surface area contributed by atoms with E-state index in [0.29, 0.717) is 5.69 Å². The topological polar surface area (TPSA) is 116 Å². The molecular weight excluding hydrogens is 442 g/mol. The molecule has 1 spiro atoms. The molecule has 2 amide bonds. The van der Waals surface area contributed by atoms with Crippen molar-refractivity contribution >= 4 is 29.7 Å². The molecule has 1 fully saturated rings. The summed E-state index contributed by atoms with van der Waals surface area (Å²) in [7, 11) is 1.30. The molecular formula is C24H29N3O7. The Kier molecular flexibility index (Phi) is 5.58. The lowest BCUT2D eigenvalue weighted by molar-refractivity contribution is -0.144. The summed E-state index contributed by atoms with van der Waals surface area (Å²) < 4.78 is 22.0. The Morgan fingerprint density at radius 1 is 1.35 bits per heavy atom. The number of benzene rings is 1. The van der Waals surface area contributed by atoms with E-state index in [0.717, 1.165) is 5.56 Å². The van der Waals surface area contributed by atoms with E-state index >= 15 is 0 Å². The summed E-state index contributed by atoms with van der Waals surface area (Å²) in [6.45, 7) is 10.5. The molecule has 0 saturated heterocycles. The van der Waals surface area contributed by atoms with Crippen LogP contribution >= 0.6 is 0 Å². The van der Waals surface area contributed by atoms with Crippen LogP contribution in [0.15, 0.2) is 41.9 Å². The predicted octanol–water partition coefficient (Wildman–Crippen LogP) is 3.05. The average Bonchev–Trinajstić information content (AvgIpc) is 3.39. The fraction of sp³-hybridized carbons (Fsp3) is 0.500. The second kappa shape index (κ2) is 8.03. The molecule has 0 bridgehead atoms. The van der Waals surface area contributed by atoms with E-state index in [2.05, 4.69) is 16.9 Å². The normalized spacial score (nSPS) is 27.0. The third-order valence-corrected chi connectivity index (χ3v) is 6.13. The average molecular weight is 472 g/mol. The molecule has 1 N–H and O–H groups in total. The van der Waals surface area contributed by atoms with Gasteiger partial charge in [0.15, 0.2) is 11.8 Å². The fourth-order valence-corrected chi connectivity index (χ4v) is 4.72. The van der Waals surface area contributed by atoms with Gasteiger partial charge in [0, 0.05) is 6.42 Å². The minimum Gasteiger partial charge on any atom is -0.467 e. The third-order valence-electron chi connectivity index (χ3n) is 6.13. The van der Waals surface area contributed by atoms with Gasteiger partial charge < -0.3 is 24.3 Å². The van der Waals surface area contributed by atoms with Crippen LogP contribution in [0.3, 0.4) is 0 Å². The van der Waals surface area contributed by atoms with Gasteiger partial charge in [-0.3, -0.25) is 0 Å². The first kappa shape index (κ1) is 23.6. The van der Waals surface area contributed by atoms with Gasteiger partial charge in [-0.05, 0) is 39.3 Å². The smallest absolute Gasteiger partial charge is 0.417 e. The number of nitrogens with one attached hydrogen (secondary N) is 1. The second-order valence-electron chi connectivity index (χ2n) is 9.54. The summed E-state index contributed by atoms with van der Waals surface area (Å²) in [5.74, 6) is -0.457. The molecule has 1 aromatic carbocycles. The molecule has 3 aliphatic rings. The van der Waals surface area contributed by atoms with E-state index in [-0.39, 0.29) is 18.9 Å². The monoisotopic (exact) mass is 471 g/mol. The fourth-order valence-electron chi connectivity index (χ4n) is 4.72. The van der Waals surface area contributed by atoms with Crippen molar-refractivity contribution in [1.29, 1.82) is 0 Å². The Morgan fingerprint density at radius 3 is 2.71 bits per heavy atom. The number of carbonyl (C=O) groups excluding carboxylic acids is 3. The first-order valence-corrected chi connectivity index (χ1v) is 11.0. The highest BCUT2D eigenvalue weighted by atomic mass is 16.6. The van der Waals surface area contributed by atoms with Gasteiger partial charge >= 0.3 is 18.2 Å². The Labute approximate surface area is 197 Å². The number of amides is 2. The van der Waals surface area contributed by atoms with Crippen LogP contribution in [-0.4, -0.2) is 61.2 Å². The van der Waals surface area contributed by atoms with Crippen molar-refractivity contribution < 1.29 is 33.3 Å². The molecule has 10 heteroatoms. The number of nitrogens with zero attached hydrogens (tertiary/aromatic N) is 2. The van der Waals surface area contributed by atoms with Crippen molar-refractivity contribution in [2.24, 2.45) is 4.99 Å². The van der Waals surface area contributed by atoms with E-state index in [1.54, 1.807) is 39.8 Å². The van der Waals surface area contributed by atoms with Crippen LogP contribution in [-0.2, 0) is 29.2 Å². The first-order valence-electron chi connectivity index (χ1n) is 11.0. The number of rotatable bonds is 5. The van der Waals surface area contributed by atoms with Gasteiger partial charge in [-0.2, -0.15) is 0 Å². The predicted molar refractivity (Wildman–Crippen MR) is 123 cm³/mol. The summed E-state index contributed by atoms with van der Waals surface area (Å²) in [4.78, 5) is 44.5. The van der Waals surface area contributed by atoms with Crippen LogP contribution < -0.4 is 10.2 Å². The first-order chi connectivity index (χ1) is 16.0. The van der Waals surface area contributed by atoms with Crippen LogP contribution in [0.5, 0.6) is 0 Å². The van der Waals surface area contributed by atoms with Crippen LogP contribution in [0.4, 0.5) is 15.3 Å². The van der Waals surface area contributed by atoms with Crippen LogP contribution in [0.1, 0.15) is 39.7 Å². The van der Waals surface area contributed by atoms with Gasteiger partial charge in [-0.15, -0.1) is 0 Å². The van der Waals surface area contributed by atoms with E-state index in [1.165, 1.54) is 18.1 Å². The molecule has 182 valence electrons. The molecule has 4 rings (SSSR count). The largest absolute Gasteiger partial charge is 0.467 e. The Morgan fingerprint density at radius 2 is 2.06 bits per heavy atom. The van der Waals surface area contributed by atoms with E-state index in [1.807, 2.05) is 12.1 Å². The summed E-state index contributed by atoms with van der Waals surface area (Å²) in [5, 5.41) is 2.63. The van der Waals surface area contributed by atoms with Gasteiger partial charge in [0.05, 0.1) is 18.2 Å². The van der Waals surface area contributed by atoms with Crippen molar-refractivity contribution in [1.82, 2.24) is 5.32 Å². The van der Waals surface area contributed by atoms with Gasteiger partial charge in [0.2, 0.25) is 5.90 Å². The minimum absolute atomic E-state index is 0.0332. The molecule has 2 aliphatic heterocycles. The molecule has 10 nitrogen and oxygen atoms in total. The van der Waals surface area contributed by atoms with Crippen molar-refractivity contribution in [3.63, 3.8) is 0 Å². The highest BCUT2D eigenvalue weighted by molar-refractivity contribution is 6.02. The molecule has 2 heterocycles. The van der Waals surface area contributed by atoms with E-state index < -0.39 is 47.0 Å². The number of fused-ring (bicyclic) bond motifs is 1. The second-order valence-corrected chi connectivity index (χ2v) is 9.54. The Hall–Kier alpha value is -3.56. The zero-order valence-electron chi connectivity index (χ0n) is 19.9. The SMILES string of the molecule is C=CCOC(=O)N[C@@H](C)C1=NC2(C(=O)OC)CC23c2ccccc2N(C(=O)OC(C)(C)C)C3O1. The zero-order valence-corrected chi connectivity index (χ0v) is 19.9. The molecule has 34 heavy (non-hydrogen) atoms. The maximum atomic E-state index is 13.3. The number of para-hydroxylation sites is 1. The minimum atomic E-state index is -1.30. The number of carbonyl (C=O) groups is 3. The van der Waals surface area contributed by atoms with Crippen molar-refractivity contribution in [3.05, 3.63) is 42.5 Å². The molecule has 0 aromatic heterocycles. The summed E-state index contributed by atoms with van der Waals surface area (Å²) in [5.41, 5.74) is -1.64. The zero-order chi connectivity index (χ0) is 24.9. The number of esters is 1.